The average molecular weight is 345 g/mol. The first-order valence-electron chi connectivity index (χ1n) is 10.3. The van der Waals surface area contributed by atoms with E-state index in [1.54, 1.807) is 11.1 Å². The van der Waals surface area contributed by atoms with Crippen LogP contribution in [-0.2, 0) is 9.53 Å². The summed E-state index contributed by atoms with van der Waals surface area (Å²) >= 11 is 0. The molecule has 138 valence electrons. The Morgan fingerprint density at radius 3 is 2.84 bits per heavy atom. The van der Waals surface area contributed by atoms with E-state index in [-0.39, 0.29) is 34.9 Å². The quantitative estimate of drug-likeness (QED) is 0.610. The van der Waals surface area contributed by atoms with Gasteiger partial charge < -0.3 is 15.2 Å². The molecule has 4 bridgehead atoms. The normalized spacial score (nSPS) is 50.0. The van der Waals surface area contributed by atoms with E-state index < -0.39 is 0 Å². The summed E-state index contributed by atoms with van der Waals surface area (Å²) < 4.78 is 5.24. The van der Waals surface area contributed by atoms with Crippen molar-refractivity contribution >= 4 is 5.97 Å². The summed E-state index contributed by atoms with van der Waals surface area (Å²) in [5.41, 5.74) is 3.24. The van der Waals surface area contributed by atoms with Crippen LogP contribution in [0.15, 0.2) is 11.1 Å². The zero-order chi connectivity index (χ0) is 17.4. The third-order valence-corrected chi connectivity index (χ3v) is 9.30. The van der Waals surface area contributed by atoms with Crippen molar-refractivity contribution in [1.29, 1.82) is 0 Å². The summed E-state index contributed by atoms with van der Waals surface area (Å²) in [6.45, 7) is 3.61. The van der Waals surface area contributed by atoms with Crippen molar-refractivity contribution in [3.8, 4) is 0 Å². The van der Waals surface area contributed by atoms with Gasteiger partial charge in [0.05, 0.1) is 13.0 Å². The maximum absolute atomic E-state index is 12.7. The van der Waals surface area contributed by atoms with Crippen LogP contribution < -0.4 is 5.32 Å². The molecule has 1 aliphatic heterocycles. The molecule has 5 aliphatic rings. The second kappa shape index (κ2) is 5.10. The van der Waals surface area contributed by atoms with Gasteiger partial charge in [-0.05, 0) is 69.7 Å². The van der Waals surface area contributed by atoms with E-state index in [1.807, 2.05) is 0 Å². The van der Waals surface area contributed by atoms with Gasteiger partial charge in [-0.25, -0.2) is 0 Å². The van der Waals surface area contributed by atoms with Crippen LogP contribution in [0.1, 0.15) is 58.3 Å². The monoisotopic (exact) mass is 345 g/mol. The lowest BCUT2D eigenvalue weighted by molar-refractivity contribution is -0.148. The number of hydrogen-bond acceptors (Lipinski definition) is 4. The van der Waals surface area contributed by atoms with Gasteiger partial charge in [-0.15, -0.1) is 0 Å². The molecule has 0 amide bonds. The molecule has 2 unspecified atom stereocenters. The Hall–Kier alpha value is -0.870. The number of nitrogens with one attached hydrogen (secondary N) is 1. The van der Waals surface area contributed by atoms with Crippen molar-refractivity contribution in [2.45, 2.75) is 63.8 Å². The molecule has 0 aromatic rings. The number of aliphatic hydroxyl groups excluding tert-OH is 1. The summed E-state index contributed by atoms with van der Waals surface area (Å²) in [5.74, 6) is 0.853. The minimum absolute atomic E-state index is 0.00824. The van der Waals surface area contributed by atoms with Crippen LogP contribution in [0.5, 0.6) is 0 Å². The molecule has 4 nitrogen and oxygen atoms in total. The standard InChI is InChI=1S/C21H31NO3/c1-3-20-9-8-19(12-23)14(11-22-20)6-4-13-5-7-15-16(18(24)25-2)10-21(19,20)17(13)15/h14-16,22-23H,3-12H2,1-2H3/t14-,15?,16-,19-,20+,21?/m1/s1. The van der Waals surface area contributed by atoms with Crippen LogP contribution in [0.4, 0.5) is 0 Å². The zero-order valence-electron chi connectivity index (χ0n) is 15.6. The van der Waals surface area contributed by atoms with Crippen molar-refractivity contribution in [3.05, 3.63) is 11.1 Å². The van der Waals surface area contributed by atoms with Crippen LogP contribution in [0.2, 0.25) is 0 Å². The SMILES string of the molecule is CC[C@]12CC[C@@]3(CO)[C@H](CCC4=C5C(CC4)[C@H](C(=O)OC)CC513)CN2. The molecule has 0 radical (unpaired) electrons. The molecule has 25 heavy (non-hydrogen) atoms. The number of ether oxygens (including phenoxy) is 1. The van der Waals surface area contributed by atoms with Gasteiger partial charge in [0.1, 0.15) is 0 Å². The first-order chi connectivity index (χ1) is 12.1. The second-order valence-electron chi connectivity index (χ2n) is 9.27. The maximum atomic E-state index is 12.7. The van der Waals surface area contributed by atoms with Gasteiger partial charge >= 0.3 is 5.97 Å². The lowest BCUT2D eigenvalue weighted by Gasteiger charge is -2.60. The van der Waals surface area contributed by atoms with Crippen LogP contribution >= 0.6 is 0 Å². The number of methoxy groups -OCH3 is 1. The van der Waals surface area contributed by atoms with E-state index in [0.717, 1.165) is 45.1 Å². The minimum atomic E-state index is -0.0310. The van der Waals surface area contributed by atoms with Gasteiger partial charge in [-0.2, -0.15) is 0 Å². The van der Waals surface area contributed by atoms with E-state index in [0.29, 0.717) is 11.8 Å². The molecule has 1 saturated heterocycles. The molecule has 3 fully saturated rings. The molecule has 2 saturated carbocycles. The van der Waals surface area contributed by atoms with E-state index >= 15 is 0 Å². The van der Waals surface area contributed by atoms with E-state index in [4.69, 9.17) is 4.74 Å². The molecule has 0 aromatic heterocycles. The number of carbonyl (C=O) groups excluding carboxylic acids is 1. The number of rotatable bonds is 3. The Balaban J connectivity index is 1.78. The molecule has 0 aromatic carbocycles. The fourth-order valence-corrected chi connectivity index (χ4v) is 8.38. The molecule has 4 aliphatic carbocycles. The summed E-state index contributed by atoms with van der Waals surface area (Å²) in [6.07, 6.45) is 8.85. The first kappa shape index (κ1) is 16.3. The number of aliphatic hydroxyl groups is 1. The maximum Gasteiger partial charge on any atom is 0.309 e. The van der Waals surface area contributed by atoms with Crippen LogP contribution in [0.25, 0.3) is 0 Å². The highest BCUT2D eigenvalue weighted by atomic mass is 16.5. The molecule has 4 heteroatoms. The van der Waals surface area contributed by atoms with Gasteiger partial charge in [-0.1, -0.05) is 18.1 Å². The lowest BCUT2D eigenvalue weighted by Crippen LogP contribution is -2.67. The van der Waals surface area contributed by atoms with Gasteiger partial charge in [0.2, 0.25) is 0 Å². The molecule has 1 heterocycles. The molecule has 1 spiro atoms. The van der Waals surface area contributed by atoms with Crippen LogP contribution in [0.3, 0.4) is 0 Å². The summed E-state index contributed by atoms with van der Waals surface area (Å²) in [4.78, 5) is 12.7. The number of esters is 1. The Morgan fingerprint density at radius 2 is 2.12 bits per heavy atom. The highest BCUT2D eigenvalue weighted by Crippen LogP contribution is 2.78. The first-order valence-corrected chi connectivity index (χ1v) is 10.3. The highest BCUT2D eigenvalue weighted by molar-refractivity contribution is 5.75. The Morgan fingerprint density at radius 1 is 1.32 bits per heavy atom. The fraction of sp³-hybridized carbons (Fsp3) is 0.857. The van der Waals surface area contributed by atoms with Crippen LogP contribution in [-0.4, -0.2) is 36.9 Å². The van der Waals surface area contributed by atoms with Gasteiger partial charge in [0.25, 0.3) is 0 Å². The van der Waals surface area contributed by atoms with E-state index in [1.165, 1.54) is 20.0 Å². The number of allylic oxidation sites excluding steroid dienone is 1. The predicted molar refractivity (Wildman–Crippen MR) is 94.8 cm³/mol. The summed E-state index contributed by atoms with van der Waals surface area (Å²) in [6, 6.07) is 0. The highest BCUT2D eigenvalue weighted by Gasteiger charge is 2.77. The van der Waals surface area contributed by atoms with Gasteiger partial charge in [-0.3, -0.25) is 4.79 Å². The second-order valence-corrected chi connectivity index (χ2v) is 9.27. The van der Waals surface area contributed by atoms with Gasteiger partial charge in [0.15, 0.2) is 0 Å². The van der Waals surface area contributed by atoms with Crippen molar-refractivity contribution in [2.75, 3.05) is 20.3 Å². The van der Waals surface area contributed by atoms with E-state index in [9.17, 15) is 9.90 Å². The minimum Gasteiger partial charge on any atom is -0.469 e. The molecular formula is C21H31NO3. The number of hydrogen-bond donors (Lipinski definition) is 2. The Bertz CT molecular complexity index is 658. The van der Waals surface area contributed by atoms with Crippen molar-refractivity contribution in [2.24, 2.45) is 28.6 Å². The topological polar surface area (TPSA) is 58.6 Å². The Kier molecular flexibility index (Phi) is 3.33. The fourth-order valence-electron chi connectivity index (χ4n) is 8.38. The molecule has 2 N–H and O–H groups in total. The largest absolute Gasteiger partial charge is 0.469 e. The van der Waals surface area contributed by atoms with Crippen molar-refractivity contribution < 1.29 is 14.6 Å². The van der Waals surface area contributed by atoms with Crippen molar-refractivity contribution in [3.63, 3.8) is 0 Å². The van der Waals surface area contributed by atoms with Gasteiger partial charge in [0, 0.05) is 23.0 Å². The molecular weight excluding hydrogens is 314 g/mol. The number of carbonyl (C=O) groups is 1. The predicted octanol–water partition coefficient (Wildman–Crippen LogP) is 2.81. The summed E-state index contributed by atoms with van der Waals surface area (Å²) in [5, 5.41) is 14.7. The molecule has 5 rings (SSSR count). The van der Waals surface area contributed by atoms with E-state index in [2.05, 4.69) is 12.2 Å². The Labute approximate surface area is 150 Å². The van der Waals surface area contributed by atoms with Crippen LogP contribution in [0, 0.1) is 28.6 Å². The third kappa shape index (κ3) is 1.57. The number of piperidine rings is 1. The smallest absolute Gasteiger partial charge is 0.309 e. The summed E-state index contributed by atoms with van der Waals surface area (Å²) in [7, 11) is 1.53. The zero-order valence-corrected chi connectivity index (χ0v) is 15.6. The van der Waals surface area contributed by atoms with Crippen molar-refractivity contribution in [1.82, 2.24) is 5.32 Å². The third-order valence-electron chi connectivity index (χ3n) is 9.30. The lowest BCUT2D eigenvalue weighted by atomic mass is 9.50. The average Bonchev–Trinajstić information content (AvgIpc) is 3.23. The molecule has 6 atom stereocenters.